The Balaban J connectivity index is 1.46. The number of ether oxygens (including phenoxy) is 2. The number of aryl methyl sites for hydroxylation is 2. The average Bonchev–Trinajstić information content (AvgIpc) is 3.13. The number of anilines is 3. The molecule has 0 bridgehead atoms. The van der Waals surface area contributed by atoms with E-state index < -0.39 is 0 Å². The van der Waals surface area contributed by atoms with Crippen molar-refractivity contribution < 1.29 is 14.3 Å². The number of aromatic nitrogens is 2. The van der Waals surface area contributed by atoms with E-state index in [4.69, 9.17) is 9.47 Å². The molecule has 0 atom stereocenters. The van der Waals surface area contributed by atoms with Crippen molar-refractivity contribution in [3.8, 4) is 11.5 Å². The molecule has 2 N–H and O–H groups in total. The molecule has 0 unspecified atom stereocenters. The Morgan fingerprint density at radius 3 is 2.44 bits per heavy atom. The van der Waals surface area contributed by atoms with E-state index in [1.807, 2.05) is 50.2 Å². The predicted molar refractivity (Wildman–Crippen MR) is 102 cm³/mol. The molecule has 136 valence electrons. The van der Waals surface area contributed by atoms with Crippen LogP contribution < -0.4 is 20.1 Å². The van der Waals surface area contributed by atoms with Gasteiger partial charge in [-0.1, -0.05) is 18.2 Å². The molecule has 1 aliphatic rings. The molecule has 7 heteroatoms. The summed E-state index contributed by atoms with van der Waals surface area (Å²) in [6, 6.07) is 11.3. The van der Waals surface area contributed by atoms with Crippen molar-refractivity contribution in [3.63, 3.8) is 0 Å². The van der Waals surface area contributed by atoms with Crippen LogP contribution in [0.2, 0.25) is 0 Å². The molecule has 27 heavy (non-hydrogen) atoms. The lowest BCUT2D eigenvalue weighted by Crippen LogP contribution is -2.14. The molecule has 7 nitrogen and oxygen atoms in total. The molecular weight excluding hydrogens is 344 g/mol. The van der Waals surface area contributed by atoms with Crippen LogP contribution in [0.5, 0.6) is 11.5 Å². The van der Waals surface area contributed by atoms with Gasteiger partial charge in [0.1, 0.15) is 0 Å². The van der Waals surface area contributed by atoms with Gasteiger partial charge in [-0.3, -0.25) is 4.79 Å². The van der Waals surface area contributed by atoms with E-state index in [-0.39, 0.29) is 12.7 Å². The van der Waals surface area contributed by atoms with Crippen molar-refractivity contribution >= 4 is 23.2 Å². The van der Waals surface area contributed by atoms with Gasteiger partial charge in [0.25, 0.3) is 5.91 Å². The maximum atomic E-state index is 12.5. The number of hydrogen-bond donors (Lipinski definition) is 2. The number of rotatable bonds is 4. The van der Waals surface area contributed by atoms with Crippen molar-refractivity contribution in [2.45, 2.75) is 13.8 Å². The highest BCUT2D eigenvalue weighted by molar-refractivity contribution is 6.04. The van der Waals surface area contributed by atoms with E-state index in [2.05, 4.69) is 20.6 Å². The highest BCUT2D eigenvalue weighted by Crippen LogP contribution is 2.34. The Kier molecular flexibility index (Phi) is 4.33. The van der Waals surface area contributed by atoms with E-state index in [9.17, 15) is 4.79 Å². The molecule has 0 spiro atoms. The van der Waals surface area contributed by atoms with Gasteiger partial charge in [0, 0.05) is 29.8 Å². The molecule has 1 aromatic heterocycles. The molecule has 1 amide bonds. The molecule has 1 aliphatic heterocycles. The van der Waals surface area contributed by atoms with Crippen LogP contribution in [0.1, 0.15) is 21.5 Å². The van der Waals surface area contributed by atoms with E-state index >= 15 is 0 Å². The van der Waals surface area contributed by atoms with Crippen LogP contribution in [0, 0.1) is 13.8 Å². The molecule has 0 saturated carbocycles. The van der Waals surface area contributed by atoms with Gasteiger partial charge in [0.05, 0.1) is 5.56 Å². The molecule has 0 aliphatic carbocycles. The summed E-state index contributed by atoms with van der Waals surface area (Å²) in [5.41, 5.74) is 3.97. The summed E-state index contributed by atoms with van der Waals surface area (Å²) in [7, 11) is 0. The van der Waals surface area contributed by atoms with Crippen molar-refractivity contribution in [2.24, 2.45) is 0 Å². The second-order valence-electron chi connectivity index (χ2n) is 6.21. The SMILES string of the molecule is Cc1cccc(C)c1NC(=O)c1cnc(Nc2ccc3c(c2)OCO3)nc1. The lowest BCUT2D eigenvalue weighted by atomic mass is 10.1. The van der Waals surface area contributed by atoms with E-state index in [0.29, 0.717) is 23.0 Å². The second kappa shape index (κ2) is 6.95. The summed E-state index contributed by atoms with van der Waals surface area (Å²) >= 11 is 0. The minimum atomic E-state index is -0.248. The van der Waals surface area contributed by atoms with Crippen LogP contribution in [0.3, 0.4) is 0 Å². The number of fused-ring (bicyclic) bond motifs is 1. The number of amides is 1. The van der Waals surface area contributed by atoms with Gasteiger partial charge < -0.3 is 20.1 Å². The van der Waals surface area contributed by atoms with Crippen LogP contribution in [0.4, 0.5) is 17.3 Å². The molecule has 0 radical (unpaired) electrons. The monoisotopic (exact) mass is 362 g/mol. The molecule has 2 aromatic carbocycles. The zero-order valence-electron chi connectivity index (χ0n) is 14.9. The summed E-state index contributed by atoms with van der Waals surface area (Å²) in [6.45, 7) is 4.13. The molecular formula is C20H18N4O3. The first kappa shape index (κ1) is 16.8. The maximum absolute atomic E-state index is 12.5. The number of hydrogen-bond acceptors (Lipinski definition) is 6. The molecule has 4 rings (SSSR count). The Labute approximate surface area is 156 Å². The predicted octanol–water partition coefficient (Wildman–Crippen LogP) is 3.82. The third kappa shape index (κ3) is 3.52. The number of carbonyl (C=O) groups excluding carboxylic acids is 1. The smallest absolute Gasteiger partial charge is 0.258 e. The fourth-order valence-corrected chi connectivity index (χ4v) is 2.81. The number of benzene rings is 2. The number of carbonyl (C=O) groups is 1. The normalized spacial score (nSPS) is 11.9. The van der Waals surface area contributed by atoms with Crippen molar-refractivity contribution in [1.29, 1.82) is 0 Å². The number of para-hydroxylation sites is 1. The van der Waals surface area contributed by atoms with E-state index in [1.54, 1.807) is 0 Å². The van der Waals surface area contributed by atoms with E-state index in [1.165, 1.54) is 12.4 Å². The average molecular weight is 362 g/mol. The number of nitrogens with zero attached hydrogens (tertiary/aromatic N) is 2. The van der Waals surface area contributed by atoms with Crippen LogP contribution in [0.15, 0.2) is 48.8 Å². The van der Waals surface area contributed by atoms with Gasteiger partial charge in [-0.15, -0.1) is 0 Å². The molecule has 2 heterocycles. The fourth-order valence-electron chi connectivity index (χ4n) is 2.81. The zero-order chi connectivity index (χ0) is 18.8. The van der Waals surface area contributed by atoms with Crippen LogP contribution in [-0.2, 0) is 0 Å². The lowest BCUT2D eigenvalue weighted by Gasteiger charge is -2.11. The summed E-state index contributed by atoms with van der Waals surface area (Å²) < 4.78 is 10.6. The first-order valence-electron chi connectivity index (χ1n) is 8.46. The third-order valence-electron chi connectivity index (χ3n) is 4.26. The lowest BCUT2D eigenvalue weighted by molar-refractivity contribution is 0.102. The topological polar surface area (TPSA) is 85.4 Å². The molecule has 0 saturated heterocycles. The third-order valence-corrected chi connectivity index (χ3v) is 4.26. The number of nitrogens with one attached hydrogen (secondary N) is 2. The highest BCUT2D eigenvalue weighted by Gasteiger charge is 2.14. The Bertz CT molecular complexity index is 982. The zero-order valence-corrected chi connectivity index (χ0v) is 14.9. The van der Waals surface area contributed by atoms with Gasteiger partial charge in [0.15, 0.2) is 11.5 Å². The molecule has 0 fully saturated rings. The summed E-state index contributed by atoms with van der Waals surface area (Å²) in [4.78, 5) is 20.9. The summed E-state index contributed by atoms with van der Waals surface area (Å²) in [6.07, 6.45) is 2.98. The van der Waals surface area contributed by atoms with Crippen LogP contribution >= 0.6 is 0 Å². The molecule has 3 aromatic rings. The second-order valence-corrected chi connectivity index (χ2v) is 6.21. The minimum absolute atomic E-state index is 0.222. The van der Waals surface area contributed by atoms with Gasteiger partial charge in [-0.25, -0.2) is 9.97 Å². The van der Waals surface area contributed by atoms with Gasteiger partial charge in [-0.2, -0.15) is 0 Å². The first-order valence-corrected chi connectivity index (χ1v) is 8.46. The van der Waals surface area contributed by atoms with Crippen LogP contribution in [-0.4, -0.2) is 22.7 Å². The fraction of sp³-hybridized carbons (Fsp3) is 0.150. The van der Waals surface area contributed by atoms with Gasteiger partial charge in [0.2, 0.25) is 12.7 Å². The quantitative estimate of drug-likeness (QED) is 0.734. The highest BCUT2D eigenvalue weighted by atomic mass is 16.7. The van der Waals surface area contributed by atoms with Crippen molar-refractivity contribution in [3.05, 3.63) is 65.5 Å². The Morgan fingerprint density at radius 1 is 1.00 bits per heavy atom. The standard InChI is InChI=1S/C20H18N4O3/c1-12-4-3-5-13(2)18(12)24-19(25)14-9-21-20(22-10-14)23-15-6-7-16-17(8-15)27-11-26-16/h3-10H,11H2,1-2H3,(H,24,25)(H,21,22,23). The van der Waals surface area contributed by atoms with Crippen LogP contribution in [0.25, 0.3) is 0 Å². The summed E-state index contributed by atoms with van der Waals surface area (Å²) in [5, 5.41) is 6.00. The van der Waals surface area contributed by atoms with Gasteiger partial charge >= 0.3 is 0 Å². The minimum Gasteiger partial charge on any atom is -0.454 e. The summed E-state index contributed by atoms with van der Waals surface area (Å²) in [5.74, 6) is 1.52. The maximum Gasteiger partial charge on any atom is 0.258 e. The van der Waals surface area contributed by atoms with E-state index in [0.717, 1.165) is 22.5 Å². The Hall–Kier alpha value is -3.61. The van der Waals surface area contributed by atoms with Crippen molar-refractivity contribution in [1.82, 2.24) is 9.97 Å². The Morgan fingerprint density at radius 2 is 1.70 bits per heavy atom. The van der Waals surface area contributed by atoms with Gasteiger partial charge in [-0.05, 0) is 37.1 Å². The first-order chi connectivity index (χ1) is 13.1. The van der Waals surface area contributed by atoms with Crippen molar-refractivity contribution in [2.75, 3.05) is 17.4 Å². The largest absolute Gasteiger partial charge is 0.454 e.